The van der Waals surface area contributed by atoms with Gasteiger partial charge in [0, 0.05) is 20.9 Å². The Kier molecular flexibility index (Phi) is 3.98. The van der Waals surface area contributed by atoms with Crippen LogP contribution in [0.2, 0.25) is 0 Å². The summed E-state index contributed by atoms with van der Waals surface area (Å²) in [6.07, 6.45) is -3.44. The summed E-state index contributed by atoms with van der Waals surface area (Å²) in [6, 6.07) is 0. The summed E-state index contributed by atoms with van der Waals surface area (Å²) in [4.78, 5) is 2.60. The Balaban J connectivity index is 3.15. The molecule has 0 aliphatic rings. The number of rotatable bonds is 1. The first-order valence-corrected chi connectivity index (χ1v) is 5.47. The molecular weight excluding hydrogens is 371 g/mol. The molecule has 1 aromatic rings. The number of hydrogen-bond donors (Lipinski definition) is 0. The van der Waals surface area contributed by atoms with Gasteiger partial charge in [0.15, 0.2) is 0 Å². The first-order valence-electron chi connectivity index (χ1n) is 3.57. The van der Waals surface area contributed by atoms with Crippen molar-refractivity contribution in [2.24, 2.45) is 0 Å². The standard InChI is InChI=1S/C7H2F6INS/c8-6(9,10)3-1-15-2-4(5(3)14)16-7(11,12)13/h1-2H. The van der Waals surface area contributed by atoms with Crippen molar-refractivity contribution in [2.45, 2.75) is 16.6 Å². The molecule has 0 saturated heterocycles. The highest BCUT2D eigenvalue weighted by atomic mass is 127. The predicted octanol–water partition coefficient (Wildman–Crippen LogP) is 4.32. The Morgan fingerprint density at radius 1 is 1.06 bits per heavy atom. The van der Waals surface area contributed by atoms with E-state index >= 15 is 0 Å². The van der Waals surface area contributed by atoms with Gasteiger partial charge >= 0.3 is 11.7 Å². The molecule has 0 spiro atoms. The fraction of sp³-hybridized carbons (Fsp3) is 0.286. The molecule has 0 bridgehead atoms. The van der Waals surface area contributed by atoms with Crippen LogP contribution in [0.5, 0.6) is 0 Å². The summed E-state index contributed by atoms with van der Waals surface area (Å²) in [5, 5.41) is 0. The molecule has 1 heterocycles. The van der Waals surface area contributed by atoms with Crippen molar-refractivity contribution in [2.75, 3.05) is 0 Å². The van der Waals surface area contributed by atoms with E-state index in [9.17, 15) is 26.3 Å². The summed E-state index contributed by atoms with van der Waals surface area (Å²) >= 11 is 0.613. The molecule has 0 atom stereocenters. The number of halogens is 7. The highest BCUT2D eigenvalue weighted by Crippen LogP contribution is 2.42. The van der Waals surface area contributed by atoms with Gasteiger partial charge in [-0.15, -0.1) is 0 Å². The van der Waals surface area contributed by atoms with Crippen LogP contribution in [0.3, 0.4) is 0 Å². The third kappa shape index (κ3) is 3.68. The normalized spacial score (nSPS) is 12.9. The van der Waals surface area contributed by atoms with Crippen LogP contribution in [0, 0.1) is 3.57 Å². The summed E-state index contributed by atoms with van der Waals surface area (Å²) < 4.78 is 72.5. The zero-order valence-electron chi connectivity index (χ0n) is 7.16. The van der Waals surface area contributed by atoms with E-state index in [1.807, 2.05) is 0 Å². The zero-order chi connectivity index (χ0) is 12.6. The van der Waals surface area contributed by atoms with Gasteiger partial charge in [-0.05, 0) is 34.4 Å². The van der Waals surface area contributed by atoms with E-state index in [1.165, 1.54) is 22.6 Å². The van der Waals surface area contributed by atoms with E-state index in [4.69, 9.17) is 0 Å². The van der Waals surface area contributed by atoms with Crippen LogP contribution < -0.4 is 0 Å². The second-order valence-electron chi connectivity index (χ2n) is 2.54. The van der Waals surface area contributed by atoms with E-state index in [-0.39, 0.29) is 0 Å². The first kappa shape index (κ1) is 13.9. The molecule has 9 heteroatoms. The molecule has 0 unspecified atom stereocenters. The minimum absolute atomic E-state index is 0.498. The number of alkyl halides is 6. The number of pyridine rings is 1. The van der Waals surface area contributed by atoms with Crippen LogP contribution in [-0.2, 0) is 6.18 Å². The lowest BCUT2D eigenvalue weighted by Gasteiger charge is -2.12. The summed E-state index contributed by atoms with van der Waals surface area (Å²) in [6.45, 7) is 0. The Bertz CT molecular complexity index is 387. The molecule has 0 amide bonds. The van der Waals surface area contributed by atoms with Crippen molar-refractivity contribution in [3.8, 4) is 0 Å². The molecule has 90 valence electrons. The molecule has 0 N–H and O–H groups in total. The van der Waals surface area contributed by atoms with Gasteiger partial charge in [0.1, 0.15) is 0 Å². The maximum atomic E-state index is 12.3. The second kappa shape index (κ2) is 4.59. The Labute approximate surface area is 104 Å². The number of aromatic nitrogens is 1. The minimum Gasteiger partial charge on any atom is -0.263 e. The lowest BCUT2D eigenvalue weighted by atomic mass is 10.3. The van der Waals surface area contributed by atoms with Gasteiger partial charge in [0.2, 0.25) is 0 Å². The van der Waals surface area contributed by atoms with Gasteiger partial charge in [-0.1, -0.05) is 0 Å². The van der Waals surface area contributed by atoms with Crippen LogP contribution in [0.4, 0.5) is 26.3 Å². The van der Waals surface area contributed by atoms with Crippen molar-refractivity contribution >= 4 is 34.4 Å². The topological polar surface area (TPSA) is 12.9 Å². The maximum absolute atomic E-state index is 12.3. The van der Waals surface area contributed by atoms with Crippen molar-refractivity contribution < 1.29 is 26.3 Å². The second-order valence-corrected chi connectivity index (χ2v) is 4.73. The molecule has 1 aromatic heterocycles. The van der Waals surface area contributed by atoms with Crippen molar-refractivity contribution in [1.82, 2.24) is 4.98 Å². The van der Waals surface area contributed by atoms with Crippen LogP contribution >= 0.6 is 34.4 Å². The number of hydrogen-bond acceptors (Lipinski definition) is 2. The van der Waals surface area contributed by atoms with Crippen molar-refractivity contribution in [3.63, 3.8) is 0 Å². The molecule has 0 aromatic carbocycles. The molecule has 0 fully saturated rings. The van der Waals surface area contributed by atoms with Crippen LogP contribution in [0.15, 0.2) is 17.3 Å². The monoisotopic (exact) mass is 373 g/mol. The minimum atomic E-state index is -4.70. The summed E-state index contributed by atoms with van der Waals surface area (Å²) in [5.74, 6) is 0. The van der Waals surface area contributed by atoms with Gasteiger partial charge in [-0.25, -0.2) is 0 Å². The molecular formula is C7H2F6INS. The van der Waals surface area contributed by atoms with E-state index in [0.717, 1.165) is 6.20 Å². The molecule has 0 aliphatic heterocycles. The smallest absolute Gasteiger partial charge is 0.263 e. The average molecular weight is 373 g/mol. The maximum Gasteiger partial charge on any atom is 0.446 e. The fourth-order valence-electron chi connectivity index (χ4n) is 0.819. The van der Waals surface area contributed by atoms with E-state index in [0.29, 0.717) is 6.20 Å². The highest BCUT2D eigenvalue weighted by molar-refractivity contribution is 14.1. The lowest BCUT2D eigenvalue weighted by Crippen LogP contribution is -2.10. The van der Waals surface area contributed by atoms with Gasteiger partial charge in [0.25, 0.3) is 0 Å². The average Bonchev–Trinajstić information content (AvgIpc) is 2.04. The molecule has 16 heavy (non-hydrogen) atoms. The van der Waals surface area contributed by atoms with Crippen LogP contribution in [0.25, 0.3) is 0 Å². The Morgan fingerprint density at radius 2 is 1.62 bits per heavy atom. The van der Waals surface area contributed by atoms with Crippen LogP contribution in [-0.4, -0.2) is 10.5 Å². The Hall–Kier alpha value is -0.190. The van der Waals surface area contributed by atoms with Gasteiger partial charge in [-0.3, -0.25) is 4.98 Å². The lowest BCUT2D eigenvalue weighted by molar-refractivity contribution is -0.138. The molecule has 0 saturated carbocycles. The molecule has 0 aliphatic carbocycles. The van der Waals surface area contributed by atoms with Gasteiger partial charge in [0.05, 0.1) is 5.56 Å². The van der Waals surface area contributed by atoms with E-state index in [2.05, 4.69) is 4.98 Å². The number of nitrogens with zero attached hydrogens (tertiary/aromatic N) is 1. The van der Waals surface area contributed by atoms with E-state index in [1.54, 1.807) is 0 Å². The fourth-order valence-corrected chi connectivity index (χ4v) is 2.30. The van der Waals surface area contributed by atoms with Crippen molar-refractivity contribution in [1.29, 1.82) is 0 Å². The quantitative estimate of drug-likeness (QED) is 0.413. The zero-order valence-corrected chi connectivity index (χ0v) is 10.1. The summed E-state index contributed by atoms with van der Waals surface area (Å²) in [7, 11) is 0. The largest absolute Gasteiger partial charge is 0.446 e. The predicted molar refractivity (Wildman–Crippen MR) is 53.9 cm³/mol. The molecule has 1 rings (SSSR count). The number of thioether (sulfide) groups is 1. The SMILES string of the molecule is FC(F)(F)Sc1cncc(C(F)(F)F)c1I. The first-order chi connectivity index (χ1) is 7.11. The van der Waals surface area contributed by atoms with Crippen LogP contribution in [0.1, 0.15) is 5.56 Å². The third-order valence-corrected chi connectivity index (χ3v) is 3.67. The summed E-state index contributed by atoms with van der Waals surface area (Å²) in [5.41, 5.74) is -5.80. The Morgan fingerprint density at radius 3 is 2.06 bits per heavy atom. The van der Waals surface area contributed by atoms with E-state index < -0.39 is 37.5 Å². The van der Waals surface area contributed by atoms with Gasteiger partial charge < -0.3 is 0 Å². The molecule has 0 radical (unpaired) electrons. The third-order valence-electron chi connectivity index (χ3n) is 1.38. The van der Waals surface area contributed by atoms with Gasteiger partial charge in [-0.2, -0.15) is 26.3 Å². The van der Waals surface area contributed by atoms with Crippen molar-refractivity contribution in [3.05, 3.63) is 21.5 Å². The molecule has 1 nitrogen and oxygen atoms in total. The highest BCUT2D eigenvalue weighted by Gasteiger charge is 2.37.